The highest BCUT2D eigenvalue weighted by Crippen LogP contribution is 2.25. The Balaban J connectivity index is 2.16. The molecule has 0 saturated carbocycles. The molecule has 3 heterocycles. The number of furan rings is 1. The number of nitrogens with one attached hydrogen (secondary N) is 1. The molecule has 2 aromatic heterocycles. The molecule has 4 nitrogen and oxygen atoms in total. The summed E-state index contributed by atoms with van der Waals surface area (Å²) in [6.45, 7) is 5.85. The predicted octanol–water partition coefficient (Wildman–Crippen LogP) is 2.21. The molecule has 0 fully saturated rings. The minimum Gasteiger partial charge on any atom is -0.461 e. The van der Waals surface area contributed by atoms with Gasteiger partial charge in [0.05, 0.1) is 12.0 Å². The molecule has 1 N–H and O–H groups in total. The van der Waals surface area contributed by atoms with Gasteiger partial charge in [0.2, 0.25) is 0 Å². The molecule has 0 radical (unpaired) electrons. The topological polar surface area (TPSA) is 51.0 Å². The zero-order valence-electron chi connectivity index (χ0n) is 10.1. The molecule has 0 bridgehead atoms. The van der Waals surface area contributed by atoms with Crippen molar-refractivity contribution in [3.05, 3.63) is 34.8 Å². The van der Waals surface area contributed by atoms with Crippen LogP contribution in [0, 0.1) is 6.92 Å². The summed E-state index contributed by atoms with van der Waals surface area (Å²) in [4.78, 5) is 9.22. The van der Waals surface area contributed by atoms with Gasteiger partial charge in [0.25, 0.3) is 0 Å². The number of nitrogens with zero attached hydrogens (tertiary/aromatic N) is 2. The molecule has 0 aliphatic carbocycles. The van der Waals surface area contributed by atoms with Gasteiger partial charge in [0, 0.05) is 24.3 Å². The van der Waals surface area contributed by atoms with E-state index in [0.29, 0.717) is 5.82 Å². The molecule has 17 heavy (non-hydrogen) atoms. The van der Waals surface area contributed by atoms with Crippen LogP contribution in [0.1, 0.15) is 29.4 Å². The van der Waals surface area contributed by atoms with Gasteiger partial charge in [-0.2, -0.15) is 0 Å². The molecule has 0 unspecified atom stereocenters. The second-order valence-corrected chi connectivity index (χ2v) is 4.31. The third-order valence-corrected chi connectivity index (χ3v) is 3.17. The van der Waals surface area contributed by atoms with Crippen molar-refractivity contribution in [2.45, 2.75) is 33.4 Å². The first-order chi connectivity index (χ1) is 8.29. The first kappa shape index (κ1) is 10.5. The second-order valence-electron chi connectivity index (χ2n) is 4.31. The largest absolute Gasteiger partial charge is 0.461 e. The average molecular weight is 229 g/mol. The van der Waals surface area contributed by atoms with Gasteiger partial charge in [0.15, 0.2) is 11.6 Å². The Kier molecular flexibility index (Phi) is 2.44. The Morgan fingerprint density at radius 3 is 2.94 bits per heavy atom. The molecule has 0 aromatic carbocycles. The minimum atomic E-state index is 0.715. The summed E-state index contributed by atoms with van der Waals surface area (Å²) in [6, 6.07) is 1.94. The van der Waals surface area contributed by atoms with E-state index < -0.39 is 0 Å². The highest BCUT2D eigenvalue weighted by Gasteiger charge is 2.20. The van der Waals surface area contributed by atoms with Crippen LogP contribution in [-0.2, 0) is 19.5 Å². The van der Waals surface area contributed by atoms with Crippen molar-refractivity contribution in [1.29, 1.82) is 0 Å². The number of rotatable bonds is 2. The third kappa shape index (κ3) is 1.65. The molecule has 0 atom stereocenters. The minimum absolute atomic E-state index is 0.715. The molecular weight excluding hydrogens is 214 g/mol. The van der Waals surface area contributed by atoms with Gasteiger partial charge in [-0.15, -0.1) is 0 Å². The van der Waals surface area contributed by atoms with E-state index in [-0.39, 0.29) is 0 Å². The molecule has 3 rings (SSSR count). The lowest BCUT2D eigenvalue weighted by atomic mass is 10.1. The van der Waals surface area contributed by atoms with Crippen molar-refractivity contribution in [2.24, 2.45) is 0 Å². The van der Waals surface area contributed by atoms with E-state index in [9.17, 15) is 0 Å². The zero-order chi connectivity index (χ0) is 11.8. The fourth-order valence-electron chi connectivity index (χ4n) is 2.23. The number of hydrogen-bond acceptors (Lipinski definition) is 4. The lowest BCUT2D eigenvalue weighted by molar-refractivity contribution is 0.574. The Morgan fingerprint density at radius 1 is 1.35 bits per heavy atom. The van der Waals surface area contributed by atoms with Crippen LogP contribution >= 0.6 is 0 Å². The lowest BCUT2D eigenvalue weighted by Crippen LogP contribution is -2.02. The first-order valence-corrected chi connectivity index (χ1v) is 5.93. The number of fused-ring (bicyclic) bond motifs is 1. The SMILES string of the molecule is CCc1nc(-c2occc2C)nc2c1CNC2. The molecule has 0 spiro atoms. The molecule has 0 saturated heterocycles. The summed E-state index contributed by atoms with van der Waals surface area (Å²) in [5.41, 5.74) is 4.59. The molecule has 0 amide bonds. The molecule has 2 aromatic rings. The van der Waals surface area contributed by atoms with Crippen LogP contribution < -0.4 is 5.32 Å². The van der Waals surface area contributed by atoms with E-state index in [4.69, 9.17) is 4.42 Å². The average Bonchev–Trinajstić information content (AvgIpc) is 2.95. The van der Waals surface area contributed by atoms with E-state index in [0.717, 1.165) is 42.2 Å². The van der Waals surface area contributed by atoms with E-state index in [1.807, 2.05) is 13.0 Å². The highest BCUT2D eigenvalue weighted by atomic mass is 16.3. The molecule has 1 aliphatic heterocycles. The van der Waals surface area contributed by atoms with Gasteiger partial charge in [-0.05, 0) is 25.0 Å². The number of aryl methyl sites for hydroxylation is 2. The van der Waals surface area contributed by atoms with Crippen LogP contribution in [-0.4, -0.2) is 9.97 Å². The van der Waals surface area contributed by atoms with Crippen LogP contribution in [0.15, 0.2) is 16.7 Å². The monoisotopic (exact) mass is 229 g/mol. The fourth-order valence-corrected chi connectivity index (χ4v) is 2.23. The van der Waals surface area contributed by atoms with Gasteiger partial charge in [-0.1, -0.05) is 6.92 Å². The third-order valence-electron chi connectivity index (χ3n) is 3.17. The van der Waals surface area contributed by atoms with E-state index >= 15 is 0 Å². The van der Waals surface area contributed by atoms with Crippen LogP contribution in [0.5, 0.6) is 0 Å². The van der Waals surface area contributed by atoms with E-state index in [1.54, 1.807) is 6.26 Å². The van der Waals surface area contributed by atoms with Gasteiger partial charge in [-0.3, -0.25) is 0 Å². The Morgan fingerprint density at radius 2 is 2.24 bits per heavy atom. The van der Waals surface area contributed by atoms with Crippen molar-refractivity contribution in [3.63, 3.8) is 0 Å². The molecular formula is C13H15N3O. The number of aromatic nitrogens is 2. The lowest BCUT2D eigenvalue weighted by Gasteiger charge is -2.06. The van der Waals surface area contributed by atoms with E-state index in [2.05, 4.69) is 22.2 Å². The zero-order valence-corrected chi connectivity index (χ0v) is 10.1. The van der Waals surface area contributed by atoms with Crippen LogP contribution in [0.25, 0.3) is 11.6 Å². The quantitative estimate of drug-likeness (QED) is 0.857. The Hall–Kier alpha value is -1.68. The second kappa shape index (κ2) is 3.96. The summed E-state index contributed by atoms with van der Waals surface area (Å²) in [6.07, 6.45) is 2.62. The predicted molar refractivity (Wildman–Crippen MR) is 64.4 cm³/mol. The summed E-state index contributed by atoms with van der Waals surface area (Å²) in [7, 11) is 0. The summed E-state index contributed by atoms with van der Waals surface area (Å²) in [5.74, 6) is 1.50. The fraction of sp³-hybridized carbons (Fsp3) is 0.385. The van der Waals surface area contributed by atoms with Crippen molar-refractivity contribution in [1.82, 2.24) is 15.3 Å². The Bertz CT molecular complexity index is 560. The van der Waals surface area contributed by atoms with Gasteiger partial charge in [0.1, 0.15) is 0 Å². The molecule has 1 aliphatic rings. The van der Waals surface area contributed by atoms with Crippen LogP contribution in [0.2, 0.25) is 0 Å². The van der Waals surface area contributed by atoms with Gasteiger partial charge < -0.3 is 9.73 Å². The van der Waals surface area contributed by atoms with Crippen molar-refractivity contribution in [3.8, 4) is 11.6 Å². The Labute approximate surface area is 100 Å². The smallest absolute Gasteiger partial charge is 0.196 e. The summed E-state index contributed by atoms with van der Waals surface area (Å²) < 4.78 is 5.46. The maximum Gasteiger partial charge on any atom is 0.196 e. The van der Waals surface area contributed by atoms with Crippen LogP contribution in [0.4, 0.5) is 0 Å². The highest BCUT2D eigenvalue weighted by molar-refractivity contribution is 5.53. The normalized spacial score (nSPS) is 14.0. The van der Waals surface area contributed by atoms with Crippen molar-refractivity contribution >= 4 is 0 Å². The summed E-state index contributed by atoms with van der Waals surface area (Å²) in [5, 5.41) is 3.32. The van der Waals surface area contributed by atoms with Crippen molar-refractivity contribution in [2.75, 3.05) is 0 Å². The first-order valence-electron chi connectivity index (χ1n) is 5.93. The number of hydrogen-bond donors (Lipinski definition) is 1. The van der Waals surface area contributed by atoms with Gasteiger partial charge >= 0.3 is 0 Å². The standard InChI is InChI=1S/C13H15N3O/c1-3-10-9-6-14-7-11(9)16-13(15-10)12-8(2)4-5-17-12/h4-5,14H,3,6-7H2,1-2H3. The van der Waals surface area contributed by atoms with E-state index in [1.165, 1.54) is 5.56 Å². The summed E-state index contributed by atoms with van der Waals surface area (Å²) >= 11 is 0. The maximum atomic E-state index is 5.46. The van der Waals surface area contributed by atoms with Gasteiger partial charge in [-0.25, -0.2) is 9.97 Å². The maximum absolute atomic E-state index is 5.46. The van der Waals surface area contributed by atoms with Crippen LogP contribution in [0.3, 0.4) is 0 Å². The molecule has 88 valence electrons. The molecule has 4 heteroatoms. The van der Waals surface area contributed by atoms with Crippen molar-refractivity contribution < 1.29 is 4.42 Å².